The van der Waals surface area contributed by atoms with E-state index in [1.807, 2.05) is 48.5 Å². The molecule has 0 aromatic heterocycles. The number of methoxy groups -OCH3 is 2. The smallest absolute Gasteiger partial charge is 0.287 e. The van der Waals surface area contributed by atoms with Gasteiger partial charge in [0.25, 0.3) is 11.8 Å². The van der Waals surface area contributed by atoms with Crippen LogP contribution in [0, 0.1) is 0 Å². The zero-order valence-corrected chi connectivity index (χ0v) is 19.0. The number of primary amides is 1. The van der Waals surface area contributed by atoms with Gasteiger partial charge in [-0.05, 0) is 34.9 Å². The zero-order chi connectivity index (χ0) is 24.5. The molecule has 0 saturated carbocycles. The number of hydrogen-bond acceptors (Lipinski definition) is 5. The van der Waals surface area contributed by atoms with Crippen LogP contribution in [0.1, 0.15) is 27.0 Å². The fourth-order valence-electron chi connectivity index (χ4n) is 3.46. The first-order valence-corrected chi connectivity index (χ1v) is 10.6. The number of ether oxygens (including phenoxy) is 2. The average Bonchev–Trinajstić information content (AvgIpc) is 2.87. The maximum atomic E-state index is 13.1. The third kappa shape index (κ3) is 6.10. The van der Waals surface area contributed by atoms with Gasteiger partial charge in [0.2, 0.25) is 5.78 Å². The summed E-state index contributed by atoms with van der Waals surface area (Å²) in [5, 5.41) is 2.68. The van der Waals surface area contributed by atoms with Gasteiger partial charge in [-0.25, -0.2) is 0 Å². The second-order valence-corrected chi connectivity index (χ2v) is 7.48. The van der Waals surface area contributed by atoms with Crippen molar-refractivity contribution >= 4 is 29.7 Å². The Balaban J connectivity index is 1.84. The first-order chi connectivity index (χ1) is 16.4. The molecular weight excluding hydrogens is 432 g/mol. The molecule has 0 aliphatic rings. The lowest BCUT2D eigenvalue weighted by molar-refractivity contribution is -0.137. The van der Waals surface area contributed by atoms with E-state index in [0.717, 1.165) is 11.1 Å². The topological polar surface area (TPSA) is 108 Å². The molecule has 0 fully saturated rings. The van der Waals surface area contributed by atoms with Gasteiger partial charge in [0.1, 0.15) is 6.04 Å². The molecule has 2 amide bonds. The summed E-state index contributed by atoms with van der Waals surface area (Å²) in [4.78, 5) is 37.1. The van der Waals surface area contributed by atoms with E-state index >= 15 is 0 Å². The molecule has 1 atom stereocenters. The summed E-state index contributed by atoms with van der Waals surface area (Å²) in [5.41, 5.74) is 7.86. The third-order valence-electron chi connectivity index (χ3n) is 5.22. The van der Waals surface area contributed by atoms with E-state index in [4.69, 9.17) is 15.2 Å². The predicted octanol–water partition coefficient (Wildman–Crippen LogP) is 3.27. The van der Waals surface area contributed by atoms with Crippen molar-refractivity contribution in [3.8, 4) is 11.5 Å². The van der Waals surface area contributed by atoms with Gasteiger partial charge in [-0.15, -0.1) is 0 Å². The maximum Gasteiger partial charge on any atom is 0.287 e. The maximum absolute atomic E-state index is 13.1. The Hall–Kier alpha value is -4.39. The Kier molecular flexibility index (Phi) is 8.18. The van der Waals surface area contributed by atoms with E-state index < -0.39 is 23.6 Å². The number of Topliss-reactive ketones (excluding diaryl/α,β-unsaturated/α-hetero) is 1. The van der Waals surface area contributed by atoms with Gasteiger partial charge in [-0.3, -0.25) is 14.4 Å². The standard InChI is InChI=1S/C27H26N2O5/c1-33-23-15-13-19(17-24(23)34-2)12-14-20-10-6-7-11-21(20)27(32)29-22(25(30)26(28)31)16-18-8-4-3-5-9-18/h3-15,17,22H,16H2,1-2H3,(H2,28,31)(H,29,32)/t22-/m0/s1. The first kappa shape index (κ1) is 24.3. The van der Waals surface area contributed by atoms with E-state index in [0.29, 0.717) is 22.6 Å². The number of rotatable bonds is 10. The lowest BCUT2D eigenvalue weighted by atomic mass is 10.00. The number of carbonyl (C=O) groups excluding carboxylic acids is 3. The Bertz CT molecular complexity index is 1200. The minimum atomic E-state index is -1.09. The molecule has 0 heterocycles. The molecule has 174 valence electrons. The van der Waals surface area contributed by atoms with Gasteiger partial charge < -0.3 is 20.5 Å². The normalized spacial score (nSPS) is 11.6. The number of carbonyl (C=O) groups is 3. The Morgan fingerprint density at radius 2 is 1.56 bits per heavy atom. The third-order valence-corrected chi connectivity index (χ3v) is 5.22. The molecule has 0 radical (unpaired) electrons. The molecule has 3 aromatic rings. The van der Waals surface area contributed by atoms with Crippen molar-refractivity contribution in [1.29, 1.82) is 0 Å². The van der Waals surface area contributed by atoms with Crippen LogP contribution >= 0.6 is 0 Å². The van der Waals surface area contributed by atoms with Crippen molar-refractivity contribution in [3.63, 3.8) is 0 Å². The number of amides is 2. The van der Waals surface area contributed by atoms with Crippen molar-refractivity contribution in [3.05, 3.63) is 95.1 Å². The number of ketones is 1. The van der Waals surface area contributed by atoms with Gasteiger partial charge in [0, 0.05) is 12.0 Å². The summed E-state index contributed by atoms with van der Waals surface area (Å²) >= 11 is 0. The second-order valence-electron chi connectivity index (χ2n) is 7.48. The molecule has 0 saturated heterocycles. The lowest BCUT2D eigenvalue weighted by Crippen LogP contribution is -2.47. The molecule has 0 spiro atoms. The highest BCUT2D eigenvalue weighted by Crippen LogP contribution is 2.28. The fourth-order valence-corrected chi connectivity index (χ4v) is 3.46. The van der Waals surface area contributed by atoms with Crippen LogP contribution < -0.4 is 20.5 Å². The van der Waals surface area contributed by atoms with Crippen molar-refractivity contribution in [2.75, 3.05) is 14.2 Å². The SMILES string of the molecule is COc1ccc(C=Cc2ccccc2C(=O)N[C@@H](Cc2ccccc2)C(=O)C(N)=O)cc1OC. The van der Waals surface area contributed by atoms with Crippen LogP contribution in [0.5, 0.6) is 11.5 Å². The summed E-state index contributed by atoms with van der Waals surface area (Å²) < 4.78 is 10.6. The van der Waals surface area contributed by atoms with Crippen LogP contribution in [0.4, 0.5) is 0 Å². The van der Waals surface area contributed by atoms with E-state index in [1.165, 1.54) is 0 Å². The fraction of sp³-hybridized carbons (Fsp3) is 0.148. The molecule has 0 bridgehead atoms. The zero-order valence-electron chi connectivity index (χ0n) is 19.0. The van der Waals surface area contributed by atoms with Gasteiger partial charge in [-0.2, -0.15) is 0 Å². The van der Waals surface area contributed by atoms with E-state index in [1.54, 1.807) is 50.6 Å². The molecule has 3 rings (SSSR count). The van der Waals surface area contributed by atoms with Crippen LogP contribution in [-0.2, 0) is 16.0 Å². The number of benzene rings is 3. The van der Waals surface area contributed by atoms with Crippen molar-refractivity contribution in [1.82, 2.24) is 5.32 Å². The average molecular weight is 459 g/mol. The number of hydrogen-bond donors (Lipinski definition) is 2. The highest BCUT2D eigenvalue weighted by molar-refractivity contribution is 6.38. The Labute approximate surface area is 198 Å². The predicted molar refractivity (Wildman–Crippen MR) is 131 cm³/mol. The molecule has 7 nitrogen and oxygen atoms in total. The lowest BCUT2D eigenvalue weighted by Gasteiger charge is -2.17. The Morgan fingerprint density at radius 3 is 2.24 bits per heavy atom. The van der Waals surface area contributed by atoms with Crippen molar-refractivity contribution in [2.45, 2.75) is 12.5 Å². The monoisotopic (exact) mass is 458 g/mol. The van der Waals surface area contributed by atoms with Crippen LogP contribution in [-0.4, -0.2) is 37.9 Å². The first-order valence-electron chi connectivity index (χ1n) is 10.6. The second kappa shape index (κ2) is 11.5. The van der Waals surface area contributed by atoms with Crippen LogP contribution in [0.15, 0.2) is 72.8 Å². The minimum Gasteiger partial charge on any atom is -0.493 e. The van der Waals surface area contributed by atoms with Crippen LogP contribution in [0.25, 0.3) is 12.2 Å². The minimum absolute atomic E-state index is 0.151. The largest absolute Gasteiger partial charge is 0.493 e. The molecule has 0 aliphatic heterocycles. The molecule has 0 unspecified atom stereocenters. The van der Waals surface area contributed by atoms with Crippen molar-refractivity contribution < 1.29 is 23.9 Å². The van der Waals surface area contributed by atoms with Gasteiger partial charge in [0.15, 0.2) is 11.5 Å². The number of nitrogens with two attached hydrogens (primary N) is 1. The quantitative estimate of drug-likeness (QED) is 0.358. The van der Waals surface area contributed by atoms with Crippen LogP contribution in [0.3, 0.4) is 0 Å². The van der Waals surface area contributed by atoms with E-state index in [2.05, 4.69) is 5.32 Å². The van der Waals surface area contributed by atoms with Gasteiger partial charge in [-0.1, -0.05) is 66.7 Å². The number of nitrogens with one attached hydrogen (secondary N) is 1. The summed E-state index contributed by atoms with van der Waals surface area (Å²) in [5.74, 6) is -1.23. The molecule has 34 heavy (non-hydrogen) atoms. The summed E-state index contributed by atoms with van der Waals surface area (Å²) in [7, 11) is 3.13. The van der Waals surface area contributed by atoms with Crippen LogP contribution in [0.2, 0.25) is 0 Å². The Morgan fingerprint density at radius 1 is 0.882 bits per heavy atom. The summed E-state index contributed by atoms with van der Waals surface area (Å²) in [6, 6.07) is 20.5. The van der Waals surface area contributed by atoms with Crippen molar-refractivity contribution in [2.24, 2.45) is 5.73 Å². The highest BCUT2D eigenvalue weighted by Gasteiger charge is 2.26. The summed E-state index contributed by atoms with van der Waals surface area (Å²) in [6.45, 7) is 0. The molecule has 3 aromatic carbocycles. The highest BCUT2D eigenvalue weighted by atomic mass is 16.5. The van der Waals surface area contributed by atoms with Gasteiger partial charge >= 0.3 is 0 Å². The summed E-state index contributed by atoms with van der Waals surface area (Å²) in [6.07, 6.45) is 3.78. The molecule has 7 heteroatoms. The van der Waals surface area contributed by atoms with E-state index in [9.17, 15) is 14.4 Å². The molecule has 0 aliphatic carbocycles. The van der Waals surface area contributed by atoms with Gasteiger partial charge in [0.05, 0.1) is 14.2 Å². The molecule has 3 N–H and O–H groups in total. The van der Waals surface area contributed by atoms with E-state index in [-0.39, 0.29) is 6.42 Å². The molecular formula is C27H26N2O5.